The van der Waals surface area contributed by atoms with Gasteiger partial charge in [0.25, 0.3) is 0 Å². The zero-order valence-electron chi connectivity index (χ0n) is 16.6. The lowest BCUT2D eigenvalue weighted by Crippen LogP contribution is -2.38. The van der Waals surface area contributed by atoms with Gasteiger partial charge >= 0.3 is 0 Å². The molecule has 1 unspecified atom stereocenters. The Hall–Kier alpha value is -1.09. The van der Waals surface area contributed by atoms with Crippen LogP contribution in [0.4, 0.5) is 0 Å². The van der Waals surface area contributed by atoms with Crippen LogP contribution in [0.25, 0.3) is 0 Å². The van der Waals surface area contributed by atoms with E-state index < -0.39 is 0 Å². The molecule has 0 radical (unpaired) electrons. The maximum atomic E-state index is 9.43. The zero-order valence-corrected chi connectivity index (χ0v) is 16.6. The summed E-state index contributed by atoms with van der Waals surface area (Å²) in [6.45, 7) is 5.47. The third kappa shape index (κ3) is 12.9. The van der Waals surface area contributed by atoms with E-state index in [-0.39, 0.29) is 6.10 Å². The highest BCUT2D eigenvalue weighted by Gasteiger charge is 2.06. The van der Waals surface area contributed by atoms with Crippen molar-refractivity contribution in [1.29, 1.82) is 0 Å². The van der Waals surface area contributed by atoms with Crippen molar-refractivity contribution in [1.82, 2.24) is 0 Å². The van der Waals surface area contributed by atoms with Crippen molar-refractivity contribution in [2.75, 3.05) is 6.61 Å². The molecule has 0 saturated heterocycles. The standard InChI is InChI=1S/C22H40NO2/c1-3-4-5-6-7-8-9-10-11-12-13-14-18-25-22-16-15-17-23(20-22)19-21(2)24/h15-17,20-21,24H,3-14,18-19H2,1-2H3/q+1. The van der Waals surface area contributed by atoms with Gasteiger partial charge in [0.1, 0.15) is 6.10 Å². The summed E-state index contributed by atoms with van der Waals surface area (Å²) in [7, 11) is 0. The van der Waals surface area contributed by atoms with Crippen molar-refractivity contribution in [3.05, 3.63) is 24.5 Å². The predicted molar refractivity (Wildman–Crippen MR) is 105 cm³/mol. The summed E-state index contributed by atoms with van der Waals surface area (Å²) in [5.41, 5.74) is 0. The van der Waals surface area contributed by atoms with E-state index in [0.717, 1.165) is 18.8 Å². The number of hydrogen-bond acceptors (Lipinski definition) is 2. The van der Waals surface area contributed by atoms with Crippen LogP contribution in [0.1, 0.15) is 90.9 Å². The van der Waals surface area contributed by atoms with Crippen LogP contribution in [-0.2, 0) is 6.54 Å². The first-order valence-electron chi connectivity index (χ1n) is 10.5. The minimum atomic E-state index is -0.336. The highest BCUT2D eigenvalue weighted by atomic mass is 16.5. The normalized spacial score (nSPS) is 12.3. The Balaban J connectivity index is 1.92. The summed E-state index contributed by atoms with van der Waals surface area (Å²) in [5, 5.41) is 9.43. The number of nitrogens with zero attached hydrogens (tertiary/aromatic N) is 1. The van der Waals surface area contributed by atoms with Crippen LogP contribution in [0.5, 0.6) is 5.75 Å². The lowest BCUT2D eigenvalue weighted by Gasteiger charge is -2.06. The lowest BCUT2D eigenvalue weighted by atomic mass is 10.1. The van der Waals surface area contributed by atoms with Crippen LogP contribution in [0, 0.1) is 0 Å². The minimum Gasteiger partial charge on any atom is -0.487 e. The molecule has 0 spiro atoms. The molecule has 144 valence electrons. The second-order valence-corrected chi connectivity index (χ2v) is 7.32. The Morgan fingerprint density at radius 1 is 0.920 bits per heavy atom. The second kappa shape index (κ2) is 15.2. The fraction of sp³-hybridized carbons (Fsp3) is 0.773. The molecule has 0 aliphatic heterocycles. The number of ether oxygens (including phenoxy) is 1. The van der Waals surface area contributed by atoms with Crippen molar-refractivity contribution in [2.24, 2.45) is 0 Å². The van der Waals surface area contributed by atoms with E-state index in [2.05, 4.69) is 6.92 Å². The van der Waals surface area contributed by atoms with Crippen LogP contribution >= 0.6 is 0 Å². The van der Waals surface area contributed by atoms with Crippen LogP contribution in [-0.4, -0.2) is 17.8 Å². The van der Waals surface area contributed by atoms with Crippen molar-refractivity contribution in [3.8, 4) is 5.75 Å². The van der Waals surface area contributed by atoms with Crippen molar-refractivity contribution >= 4 is 0 Å². The van der Waals surface area contributed by atoms with E-state index in [1.807, 2.05) is 29.1 Å². The summed E-state index contributed by atoms with van der Waals surface area (Å²) in [6.07, 6.45) is 20.0. The molecular formula is C22H40NO2+. The quantitative estimate of drug-likeness (QED) is 0.318. The van der Waals surface area contributed by atoms with Gasteiger partial charge in [0.2, 0.25) is 6.20 Å². The molecule has 0 amide bonds. The molecular weight excluding hydrogens is 310 g/mol. The van der Waals surface area contributed by atoms with Crippen molar-refractivity contribution in [2.45, 2.75) is 104 Å². The van der Waals surface area contributed by atoms with Crippen LogP contribution in [0.3, 0.4) is 0 Å². The van der Waals surface area contributed by atoms with Gasteiger partial charge in [-0.1, -0.05) is 77.6 Å². The molecule has 0 saturated carbocycles. The summed E-state index contributed by atoms with van der Waals surface area (Å²) >= 11 is 0. The maximum absolute atomic E-state index is 9.43. The fourth-order valence-electron chi connectivity index (χ4n) is 3.14. The van der Waals surface area contributed by atoms with Crippen molar-refractivity contribution < 1.29 is 14.4 Å². The molecule has 0 fully saturated rings. The average Bonchev–Trinajstić information content (AvgIpc) is 2.59. The molecule has 1 aromatic rings. The first-order valence-corrected chi connectivity index (χ1v) is 10.5. The third-order valence-electron chi connectivity index (χ3n) is 4.57. The number of pyridine rings is 1. The number of aliphatic hydroxyl groups excluding tert-OH is 1. The molecule has 25 heavy (non-hydrogen) atoms. The van der Waals surface area contributed by atoms with Gasteiger partial charge in [-0.2, -0.15) is 4.57 Å². The molecule has 0 aromatic carbocycles. The smallest absolute Gasteiger partial charge is 0.211 e. The van der Waals surface area contributed by atoms with E-state index in [0.29, 0.717) is 6.54 Å². The fourth-order valence-corrected chi connectivity index (χ4v) is 3.14. The van der Waals surface area contributed by atoms with Gasteiger partial charge < -0.3 is 9.84 Å². The van der Waals surface area contributed by atoms with Crippen molar-refractivity contribution in [3.63, 3.8) is 0 Å². The average molecular weight is 351 g/mol. The van der Waals surface area contributed by atoms with E-state index >= 15 is 0 Å². The Bertz CT molecular complexity index is 420. The Kier molecular flexibility index (Phi) is 13.3. The summed E-state index contributed by atoms with van der Waals surface area (Å²) < 4.78 is 7.79. The van der Waals surface area contributed by atoms with Crippen LogP contribution in [0.15, 0.2) is 24.5 Å². The van der Waals surface area contributed by atoms with Gasteiger partial charge in [0, 0.05) is 6.07 Å². The third-order valence-corrected chi connectivity index (χ3v) is 4.57. The van der Waals surface area contributed by atoms with Gasteiger partial charge in [-0.3, -0.25) is 0 Å². The van der Waals surface area contributed by atoms with E-state index in [9.17, 15) is 5.11 Å². The summed E-state index contributed by atoms with van der Waals surface area (Å²) in [4.78, 5) is 0. The Morgan fingerprint density at radius 3 is 2.04 bits per heavy atom. The molecule has 1 heterocycles. The van der Waals surface area contributed by atoms with Crippen LogP contribution in [0.2, 0.25) is 0 Å². The van der Waals surface area contributed by atoms with E-state index in [1.54, 1.807) is 6.92 Å². The highest BCUT2D eigenvalue weighted by Crippen LogP contribution is 2.12. The minimum absolute atomic E-state index is 0.336. The summed E-state index contributed by atoms with van der Waals surface area (Å²) in [6, 6.07) is 3.96. The number of aliphatic hydroxyl groups is 1. The highest BCUT2D eigenvalue weighted by molar-refractivity contribution is 5.12. The topological polar surface area (TPSA) is 33.3 Å². The molecule has 0 aliphatic rings. The number of unbranched alkanes of at least 4 members (excludes halogenated alkanes) is 11. The SMILES string of the molecule is CCCCCCCCCCCCCCOc1ccc[n+](CC(C)O)c1. The monoisotopic (exact) mass is 350 g/mol. The molecule has 3 nitrogen and oxygen atoms in total. The van der Waals surface area contributed by atoms with Gasteiger partial charge in [0.15, 0.2) is 18.5 Å². The first-order chi connectivity index (χ1) is 12.2. The second-order valence-electron chi connectivity index (χ2n) is 7.32. The molecule has 0 aliphatic carbocycles. The molecule has 1 atom stereocenters. The molecule has 0 bridgehead atoms. The van der Waals surface area contributed by atoms with Crippen LogP contribution < -0.4 is 9.30 Å². The van der Waals surface area contributed by atoms with Gasteiger partial charge in [-0.05, 0) is 19.4 Å². The molecule has 1 rings (SSSR count). The molecule has 1 N–H and O–H groups in total. The molecule has 3 heteroatoms. The Labute approximate surface area is 155 Å². The summed E-state index contributed by atoms with van der Waals surface area (Å²) in [5.74, 6) is 0.895. The largest absolute Gasteiger partial charge is 0.487 e. The maximum Gasteiger partial charge on any atom is 0.211 e. The number of aromatic nitrogens is 1. The first kappa shape index (κ1) is 22.0. The predicted octanol–water partition coefficient (Wildman–Crippen LogP) is 5.43. The van der Waals surface area contributed by atoms with Gasteiger partial charge in [-0.25, -0.2) is 0 Å². The van der Waals surface area contributed by atoms with Gasteiger partial charge in [0.05, 0.1) is 6.61 Å². The molecule has 1 aromatic heterocycles. The Morgan fingerprint density at radius 2 is 1.48 bits per heavy atom. The lowest BCUT2D eigenvalue weighted by molar-refractivity contribution is -0.703. The number of rotatable bonds is 16. The van der Waals surface area contributed by atoms with E-state index in [1.165, 1.54) is 70.6 Å². The number of hydrogen-bond donors (Lipinski definition) is 1. The zero-order chi connectivity index (χ0) is 18.2. The van der Waals surface area contributed by atoms with E-state index in [4.69, 9.17) is 4.74 Å². The van der Waals surface area contributed by atoms with Gasteiger partial charge in [-0.15, -0.1) is 0 Å².